The van der Waals surface area contributed by atoms with Crippen molar-refractivity contribution in [2.75, 3.05) is 19.4 Å². The minimum absolute atomic E-state index is 0.211. The molecule has 0 heterocycles. The summed E-state index contributed by atoms with van der Waals surface area (Å²) >= 11 is 7.49. The fourth-order valence-corrected chi connectivity index (χ4v) is 3.36. The Hall–Kier alpha value is -1.92. The van der Waals surface area contributed by atoms with Crippen LogP contribution in [0.4, 0.5) is 4.39 Å². The van der Waals surface area contributed by atoms with Crippen LogP contribution in [0.15, 0.2) is 42.5 Å². The molecule has 26 heavy (non-hydrogen) atoms. The van der Waals surface area contributed by atoms with E-state index in [1.807, 2.05) is 0 Å². The Bertz CT molecular complexity index is 724. The van der Waals surface area contributed by atoms with Crippen LogP contribution in [0.5, 0.6) is 11.5 Å². The minimum Gasteiger partial charge on any atom is -0.497 e. The standard InChI is InChI=1S/C19H21ClFNO3S/c1-13(25-15-6-3-5-14(11-15)24-2)19(23)22-9-10-26-12-16-17(20)7-4-8-18(16)21/h3-8,11,13H,9-10,12H2,1-2H3,(H,22,23)/t13-/m0/s1. The maximum atomic E-state index is 13.7. The SMILES string of the molecule is COc1cccc(O[C@@H](C)C(=O)NCCSCc2c(F)cccc2Cl)c1. The van der Waals surface area contributed by atoms with Crippen LogP contribution >= 0.6 is 23.4 Å². The molecule has 1 amide bonds. The van der Waals surface area contributed by atoms with E-state index >= 15 is 0 Å². The lowest BCUT2D eigenvalue weighted by Gasteiger charge is -2.15. The first-order chi connectivity index (χ1) is 12.5. The van der Waals surface area contributed by atoms with Gasteiger partial charge in [0.25, 0.3) is 5.91 Å². The zero-order valence-corrected chi connectivity index (χ0v) is 16.2. The van der Waals surface area contributed by atoms with E-state index in [-0.39, 0.29) is 11.7 Å². The first-order valence-electron chi connectivity index (χ1n) is 8.10. The summed E-state index contributed by atoms with van der Waals surface area (Å²) < 4.78 is 24.4. The van der Waals surface area contributed by atoms with Crippen LogP contribution in [0.1, 0.15) is 12.5 Å². The van der Waals surface area contributed by atoms with Crippen molar-refractivity contribution in [3.8, 4) is 11.5 Å². The number of hydrogen-bond donors (Lipinski definition) is 1. The normalized spacial score (nSPS) is 11.7. The molecule has 2 aromatic rings. The monoisotopic (exact) mass is 397 g/mol. The first kappa shape index (κ1) is 20.4. The van der Waals surface area contributed by atoms with Crippen molar-refractivity contribution in [3.05, 3.63) is 58.9 Å². The fraction of sp³-hybridized carbons (Fsp3) is 0.316. The summed E-state index contributed by atoms with van der Waals surface area (Å²) in [6.07, 6.45) is -0.631. The number of ether oxygens (including phenoxy) is 2. The van der Waals surface area contributed by atoms with Gasteiger partial charge in [0.15, 0.2) is 6.10 Å². The molecule has 0 saturated heterocycles. The average Bonchev–Trinajstić information content (AvgIpc) is 2.63. The summed E-state index contributed by atoms with van der Waals surface area (Å²) in [4.78, 5) is 12.1. The maximum absolute atomic E-state index is 13.7. The molecule has 1 atom stereocenters. The number of rotatable bonds is 9. The molecular weight excluding hydrogens is 377 g/mol. The molecule has 0 saturated carbocycles. The Labute approximate surface area is 162 Å². The van der Waals surface area contributed by atoms with Gasteiger partial charge in [-0.2, -0.15) is 11.8 Å². The van der Waals surface area contributed by atoms with E-state index in [9.17, 15) is 9.18 Å². The first-order valence-corrected chi connectivity index (χ1v) is 9.63. The molecule has 2 rings (SSSR count). The largest absolute Gasteiger partial charge is 0.497 e. The second kappa shape index (κ2) is 10.3. The Morgan fingerprint density at radius 3 is 2.73 bits per heavy atom. The van der Waals surface area contributed by atoms with E-state index in [0.717, 1.165) is 0 Å². The average molecular weight is 398 g/mol. The zero-order valence-electron chi connectivity index (χ0n) is 14.6. The van der Waals surface area contributed by atoms with Gasteiger partial charge in [0, 0.05) is 34.7 Å². The van der Waals surface area contributed by atoms with Gasteiger partial charge in [-0.15, -0.1) is 0 Å². The van der Waals surface area contributed by atoms with Gasteiger partial charge in [0.2, 0.25) is 0 Å². The minimum atomic E-state index is -0.631. The molecule has 1 N–H and O–H groups in total. The molecule has 0 aliphatic rings. The highest BCUT2D eigenvalue weighted by atomic mass is 35.5. The number of amides is 1. The summed E-state index contributed by atoms with van der Waals surface area (Å²) in [6.45, 7) is 2.14. The van der Waals surface area contributed by atoms with Crippen molar-refractivity contribution in [2.45, 2.75) is 18.8 Å². The highest BCUT2D eigenvalue weighted by Crippen LogP contribution is 2.23. The molecule has 0 fully saturated rings. The third kappa shape index (κ3) is 6.11. The third-order valence-electron chi connectivity index (χ3n) is 3.58. The van der Waals surface area contributed by atoms with Gasteiger partial charge in [0.1, 0.15) is 17.3 Å². The second-order valence-electron chi connectivity index (χ2n) is 5.48. The van der Waals surface area contributed by atoms with E-state index in [4.69, 9.17) is 21.1 Å². The lowest BCUT2D eigenvalue weighted by Crippen LogP contribution is -2.37. The van der Waals surface area contributed by atoms with Crippen LogP contribution in [0, 0.1) is 5.82 Å². The van der Waals surface area contributed by atoms with Crippen LogP contribution in [0.2, 0.25) is 5.02 Å². The zero-order chi connectivity index (χ0) is 18.9. The lowest BCUT2D eigenvalue weighted by atomic mass is 10.2. The molecule has 0 aliphatic carbocycles. The molecular formula is C19H21ClFNO3S. The topological polar surface area (TPSA) is 47.6 Å². The van der Waals surface area contributed by atoms with Crippen LogP contribution in [-0.4, -0.2) is 31.4 Å². The van der Waals surface area contributed by atoms with Crippen LogP contribution < -0.4 is 14.8 Å². The van der Waals surface area contributed by atoms with Gasteiger partial charge >= 0.3 is 0 Å². The number of methoxy groups -OCH3 is 1. The van der Waals surface area contributed by atoms with Crippen molar-refractivity contribution in [1.82, 2.24) is 5.32 Å². The highest BCUT2D eigenvalue weighted by Gasteiger charge is 2.14. The third-order valence-corrected chi connectivity index (χ3v) is 4.92. The van der Waals surface area contributed by atoms with Gasteiger partial charge < -0.3 is 14.8 Å². The molecule has 0 aliphatic heterocycles. The number of carbonyl (C=O) groups is 1. The number of nitrogens with one attached hydrogen (secondary N) is 1. The Balaban J connectivity index is 1.71. The van der Waals surface area contributed by atoms with Gasteiger partial charge in [-0.25, -0.2) is 4.39 Å². The lowest BCUT2D eigenvalue weighted by molar-refractivity contribution is -0.127. The van der Waals surface area contributed by atoms with Gasteiger partial charge in [-0.3, -0.25) is 4.79 Å². The number of thioether (sulfide) groups is 1. The molecule has 7 heteroatoms. The molecule has 140 valence electrons. The van der Waals surface area contributed by atoms with E-state index < -0.39 is 6.10 Å². The van der Waals surface area contributed by atoms with Gasteiger partial charge in [-0.1, -0.05) is 23.7 Å². The van der Waals surface area contributed by atoms with Crippen molar-refractivity contribution in [2.24, 2.45) is 0 Å². The molecule has 0 spiro atoms. The van der Waals surface area contributed by atoms with Crippen LogP contribution in [0.3, 0.4) is 0 Å². The van der Waals surface area contributed by atoms with E-state index in [0.29, 0.717) is 40.1 Å². The van der Waals surface area contributed by atoms with Crippen LogP contribution in [0.25, 0.3) is 0 Å². The summed E-state index contributed by atoms with van der Waals surface area (Å²) in [5.74, 6) is 1.81. The Morgan fingerprint density at radius 2 is 2.00 bits per heavy atom. The maximum Gasteiger partial charge on any atom is 0.260 e. The predicted octanol–water partition coefficient (Wildman–Crippen LogP) is 4.30. The predicted molar refractivity (Wildman–Crippen MR) is 104 cm³/mol. The molecule has 0 unspecified atom stereocenters. The van der Waals surface area contributed by atoms with Crippen molar-refractivity contribution >= 4 is 29.3 Å². The van der Waals surface area contributed by atoms with E-state index in [1.54, 1.807) is 50.4 Å². The number of hydrogen-bond acceptors (Lipinski definition) is 4. The summed E-state index contributed by atoms with van der Waals surface area (Å²) in [5.41, 5.74) is 0.486. The molecule has 4 nitrogen and oxygen atoms in total. The quantitative estimate of drug-likeness (QED) is 0.641. The van der Waals surface area contributed by atoms with Crippen molar-refractivity contribution in [1.29, 1.82) is 0 Å². The number of carbonyl (C=O) groups excluding carboxylic acids is 1. The summed E-state index contributed by atoms with van der Waals surface area (Å²) in [5, 5.41) is 3.22. The second-order valence-corrected chi connectivity index (χ2v) is 7.00. The van der Waals surface area contributed by atoms with Crippen LogP contribution in [-0.2, 0) is 10.5 Å². The summed E-state index contributed by atoms with van der Waals surface area (Å²) in [7, 11) is 1.57. The number of benzene rings is 2. The van der Waals surface area contributed by atoms with Gasteiger partial charge in [0.05, 0.1) is 7.11 Å². The summed E-state index contributed by atoms with van der Waals surface area (Å²) in [6, 6.07) is 11.7. The van der Waals surface area contributed by atoms with Crippen molar-refractivity contribution < 1.29 is 18.7 Å². The highest BCUT2D eigenvalue weighted by molar-refractivity contribution is 7.98. The Kier molecular flexibility index (Phi) is 8.06. The Morgan fingerprint density at radius 1 is 1.27 bits per heavy atom. The molecule has 2 aromatic carbocycles. The molecule has 0 bridgehead atoms. The van der Waals surface area contributed by atoms with Crippen molar-refractivity contribution in [3.63, 3.8) is 0 Å². The molecule has 0 radical (unpaired) electrons. The van der Waals surface area contributed by atoms with Gasteiger partial charge in [-0.05, 0) is 31.2 Å². The van der Waals surface area contributed by atoms with E-state index in [1.165, 1.54) is 17.8 Å². The number of halogens is 2. The smallest absolute Gasteiger partial charge is 0.260 e. The van der Waals surface area contributed by atoms with E-state index in [2.05, 4.69) is 5.32 Å². The molecule has 0 aromatic heterocycles. The fourth-order valence-electron chi connectivity index (χ4n) is 2.17.